The van der Waals surface area contributed by atoms with Crippen molar-refractivity contribution in [2.24, 2.45) is 0 Å². The van der Waals surface area contributed by atoms with Gasteiger partial charge in [-0.3, -0.25) is 9.80 Å². The summed E-state index contributed by atoms with van der Waals surface area (Å²) in [7, 11) is 0. The van der Waals surface area contributed by atoms with Gasteiger partial charge in [0.15, 0.2) is 0 Å². The van der Waals surface area contributed by atoms with Crippen molar-refractivity contribution in [2.75, 3.05) is 26.4 Å². The van der Waals surface area contributed by atoms with Crippen LogP contribution >= 0.6 is 0 Å². The number of amides is 4. The lowest BCUT2D eigenvalue weighted by Gasteiger charge is -2.36. The zero-order valence-corrected chi connectivity index (χ0v) is 36.3. The van der Waals surface area contributed by atoms with E-state index in [4.69, 9.17) is 18.9 Å². The number of fused-ring (bicyclic) bond motifs is 2. The molecule has 2 unspecified atom stereocenters. The Hall–Kier alpha value is -7.60. The van der Waals surface area contributed by atoms with Crippen molar-refractivity contribution in [1.82, 2.24) is 20.4 Å². The Morgan fingerprint density at radius 3 is 1.28 bits per heavy atom. The van der Waals surface area contributed by atoms with Crippen LogP contribution in [-0.2, 0) is 32.2 Å². The van der Waals surface area contributed by atoms with E-state index in [0.29, 0.717) is 45.2 Å². The molecule has 2 aliphatic rings. The minimum atomic E-state index is -0.902. The van der Waals surface area contributed by atoms with Crippen molar-refractivity contribution in [1.29, 1.82) is 0 Å². The van der Waals surface area contributed by atoms with E-state index >= 15 is 0 Å². The van der Waals surface area contributed by atoms with Crippen LogP contribution in [0.25, 0.3) is 21.5 Å². The highest BCUT2D eigenvalue weighted by molar-refractivity contribution is 5.99. The van der Waals surface area contributed by atoms with E-state index in [1.165, 1.54) is 0 Å². The van der Waals surface area contributed by atoms with E-state index in [2.05, 4.69) is 10.6 Å². The molecule has 8 rings (SSSR count). The molecule has 2 heterocycles. The first kappa shape index (κ1) is 43.1. The van der Waals surface area contributed by atoms with Gasteiger partial charge in [-0.2, -0.15) is 0 Å². The topological polar surface area (TPSA) is 136 Å². The molecule has 64 heavy (non-hydrogen) atoms. The zero-order valence-electron chi connectivity index (χ0n) is 36.3. The van der Waals surface area contributed by atoms with Crippen LogP contribution in [0.1, 0.15) is 62.0 Å². The summed E-state index contributed by atoms with van der Waals surface area (Å²) in [6, 6.07) is 39.6. The van der Waals surface area contributed by atoms with Crippen molar-refractivity contribution in [2.45, 2.75) is 52.9 Å². The van der Waals surface area contributed by atoms with E-state index in [-0.39, 0.29) is 51.6 Å². The average molecular weight is 859 g/mol. The van der Waals surface area contributed by atoms with Crippen molar-refractivity contribution in [3.05, 3.63) is 178 Å². The summed E-state index contributed by atoms with van der Waals surface area (Å²) < 4.78 is 24.3. The van der Waals surface area contributed by atoms with Gasteiger partial charge in [0.1, 0.15) is 24.7 Å². The van der Waals surface area contributed by atoms with Crippen LogP contribution in [0.3, 0.4) is 0 Å². The number of ether oxygens (including phenoxy) is 4. The molecule has 0 aliphatic carbocycles. The van der Waals surface area contributed by atoms with E-state index < -0.39 is 24.0 Å². The van der Waals surface area contributed by atoms with E-state index in [1.54, 1.807) is 37.5 Å². The van der Waals surface area contributed by atoms with E-state index in [0.717, 1.165) is 32.7 Å². The van der Waals surface area contributed by atoms with E-state index in [1.807, 2.05) is 133 Å². The molecule has 12 nitrogen and oxygen atoms in total. The Morgan fingerprint density at radius 2 is 0.891 bits per heavy atom. The van der Waals surface area contributed by atoms with Gasteiger partial charge in [0.05, 0.1) is 49.5 Å². The number of esters is 2. The Labute approximate surface area is 372 Å². The van der Waals surface area contributed by atoms with Gasteiger partial charge in [-0.25, -0.2) is 19.2 Å². The Bertz CT molecular complexity index is 2600. The lowest BCUT2D eigenvalue weighted by atomic mass is 9.90. The molecule has 0 saturated heterocycles. The molecule has 0 radical (unpaired) electrons. The van der Waals surface area contributed by atoms with Crippen LogP contribution in [0.5, 0.6) is 11.5 Å². The summed E-state index contributed by atoms with van der Waals surface area (Å²) in [5.41, 5.74) is 4.57. The summed E-state index contributed by atoms with van der Waals surface area (Å²) >= 11 is 0. The number of nitrogens with zero attached hydrogens (tertiary/aromatic N) is 2. The molecule has 326 valence electrons. The Kier molecular flexibility index (Phi) is 12.9. The molecule has 4 amide bonds. The van der Waals surface area contributed by atoms with Crippen molar-refractivity contribution < 1.29 is 38.1 Å². The second-order valence-electron chi connectivity index (χ2n) is 15.4. The molecule has 6 aromatic rings. The second kappa shape index (κ2) is 19.2. The van der Waals surface area contributed by atoms with Crippen LogP contribution in [0.4, 0.5) is 9.59 Å². The number of hydrogen-bond donors (Lipinski definition) is 2. The molecule has 0 saturated carbocycles. The molecular weight excluding hydrogens is 809 g/mol. The zero-order chi connectivity index (χ0) is 44.7. The first-order chi connectivity index (χ1) is 31.2. The molecule has 2 N–H and O–H groups in total. The summed E-state index contributed by atoms with van der Waals surface area (Å²) in [5.74, 6) is -0.200. The number of carbonyl (C=O) groups excluding carboxylic acids is 4. The number of allylic oxidation sites excluding steroid dienone is 2. The molecule has 12 heteroatoms. The maximum absolute atomic E-state index is 14.0. The summed E-state index contributed by atoms with van der Waals surface area (Å²) in [4.78, 5) is 58.8. The third-order valence-corrected chi connectivity index (χ3v) is 11.6. The molecule has 0 bridgehead atoms. The molecule has 0 spiro atoms. The summed E-state index contributed by atoms with van der Waals surface area (Å²) in [5, 5.41) is 9.59. The fourth-order valence-electron chi connectivity index (χ4n) is 8.56. The predicted octanol–water partition coefficient (Wildman–Crippen LogP) is 9.66. The molecule has 0 fully saturated rings. The minimum absolute atomic E-state index is 0.0529. The van der Waals surface area contributed by atoms with Crippen molar-refractivity contribution >= 4 is 45.5 Å². The number of benzene rings is 6. The highest BCUT2D eigenvalue weighted by Gasteiger charge is 2.40. The smallest absolute Gasteiger partial charge is 0.338 e. The second-order valence-corrected chi connectivity index (χ2v) is 15.4. The van der Waals surface area contributed by atoms with Crippen LogP contribution in [0, 0.1) is 0 Å². The molecule has 2 atom stereocenters. The summed E-state index contributed by atoms with van der Waals surface area (Å²) in [6.45, 7) is 7.94. The number of nitrogens with one attached hydrogen (secondary N) is 2. The molecular formula is C52H50N4O8. The van der Waals surface area contributed by atoms with Gasteiger partial charge < -0.3 is 29.6 Å². The highest BCUT2D eigenvalue weighted by Crippen LogP contribution is 2.43. The standard InChI is InChI=1S/C52H50N4O8/c1-5-61-49(57)43-33(3)55(31-35-17-9-7-10-18-35)51(59)53-47(43)45-39-23-15-13-21-37(39)25-27-41(45)63-29-30-64-42-28-26-38-22-14-16-24-40(38)46(42)48-44(50(58)62-6-2)34(4)56(52(60)54-48)32-36-19-11-8-12-20-36/h7-28,47-48H,5-6,29-32H2,1-4H3,(H,53,59)(H,54,60). The lowest BCUT2D eigenvalue weighted by Crippen LogP contribution is -2.47. The van der Waals surface area contributed by atoms with Gasteiger partial charge in [-0.15, -0.1) is 0 Å². The normalized spacial score (nSPS) is 16.4. The van der Waals surface area contributed by atoms with Gasteiger partial charge in [-0.1, -0.05) is 121 Å². The molecule has 0 aromatic heterocycles. The van der Waals surface area contributed by atoms with Gasteiger partial charge in [0.25, 0.3) is 0 Å². The first-order valence-electron chi connectivity index (χ1n) is 21.5. The Balaban J connectivity index is 1.12. The monoisotopic (exact) mass is 858 g/mol. The van der Waals surface area contributed by atoms with Crippen LogP contribution < -0.4 is 20.1 Å². The van der Waals surface area contributed by atoms with Crippen LogP contribution in [0.2, 0.25) is 0 Å². The van der Waals surface area contributed by atoms with Crippen molar-refractivity contribution in [3.8, 4) is 11.5 Å². The molecule has 2 aliphatic heterocycles. The van der Waals surface area contributed by atoms with Crippen molar-refractivity contribution in [3.63, 3.8) is 0 Å². The maximum atomic E-state index is 14.0. The highest BCUT2D eigenvalue weighted by atomic mass is 16.5. The minimum Gasteiger partial charge on any atom is -0.490 e. The summed E-state index contributed by atoms with van der Waals surface area (Å²) in [6.07, 6.45) is 0. The number of hydrogen-bond acceptors (Lipinski definition) is 8. The van der Waals surface area contributed by atoms with Gasteiger partial charge >= 0.3 is 24.0 Å². The quantitative estimate of drug-likeness (QED) is 0.0770. The third kappa shape index (κ3) is 8.72. The third-order valence-electron chi connectivity index (χ3n) is 11.6. The first-order valence-corrected chi connectivity index (χ1v) is 21.5. The van der Waals surface area contributed by atoms with Gasteiger partial charge in [-0.05, 0) is 72.5 Å². The Morgan fingerprint density at radius 1 is 0.516 bits per heavy atom. The number of carbonyl (C=O) groups is 4. The molecule has 6 aromatic carbocycles. The van der Waals surface area contributed by atoms with Gasteiger partial charge in [0.2, 0.25) is 0 Å². The van der Waals surface area contributed by atoms with Crippen LogP contribution in [0.15, 0.2) is 156 Å². The average Bonchev–Trinajstić information content (AvgIpc) is 3.30. The fraction of sp³-hybridized carbons (Fsp3) is 0.231. The largest absolute Gasteiger partial charge is 0.490 e. The maximum Gasteiger partial charge on any atom is 0.338 e. The lowest BCUT2D eigenvalue weighted by molar-refractivity contribution is -0.140. The predicted molar refractivity (Wildman–Crippen MR) is 244 cm³/mol. The van der Waals surface area contributed by atoms with E-state index in [9.17, 15) is 19.2 Å². The number of urea groups is 2. The number of rotatable bonds is 15. The van der Waals surface area contributed by atoms with Gasteiger partial charge in [0, 0.05) is 22.5 Å². The fourth-order valence-corrected chi connectivity index (χ4v) is 8.56. The van der Waals surface area contributed by atoms with Crippen LogP contribution in [-0.4, -0.2) is 60.2 Å². The SMILES string of the molecule is CCOC(=O)C1=C(C)N(Cc2ccccc2)C(=O)NC1c1c(OCCOc2ccc3ccccc3c2C2NC(=O)N(Cc3ccccc3)C(C)=C2C(=O)OCC)ccc2ccccc12.